The fourth-order valence-corrected chi connectivity index (χ4v) is 2.25. The van der Waals surface area contributed by atoms with Crippen molar-refractivity contribution in [3.63, 3.8) is 0 Å². The van der Waals surface area contributed by atoms with Gasteiger partial charge in [0.1, 0.15) is 5.82 Å². The summed E-state index contributed by atoms with van der Waals surface area (Å²) in [5, 5.41) is 0. The maximum atomic E-state index is 13.1. The molecule has 0 aromatic heterocycles. The van der Waals surface area contributed by atoms with Gasteiger partial charge in [-0.25, -0.2) is 4.39 Å². The molecular formula is C14H14BrFN2. The zero-order chi connectivity index (χ0) is 13.1. The van der Waals surface area contributed by atoms with E-state index in [-0.39, 0.29) is 5.82 Å². The van der Waals surface area contributed by atoms with Crippen molar-refractivity contribution in [2.75, 3.05) is 17.7 Å². The van der Waals surface area contributed by atoms with Gasteiger partial charge < -0.3 is 10.6 Å². The molecular weight excluding hydrogens is 295 g/mol. The minimum absolute atomic E-state index is 0.218. The molecule has 0 unspecified atom stereocenters. The molecule has 0 bridgehead atoms. The first-order valence-corrected chi connectivity index (χ1v) is 6.36. The van der Waals surface area contributed by atoms with Gasteiger partial charge in [0.15, 0.2) is 0 Å². The van der Waals surface area contributed by atoms with E-state index in [1.54, 1.807) is 6.07 Å². The fourth-order valence-electron chi connectivity index (χ4n) is 1.87. The van der Waals surface area contributed by atoms with Crippen LogP contribution >= 0.6 is 15.9 Å². The highest BCUT2D eigenvalue weighted by atomic mass is 79.9. The van der Waals surface area contributed by atoms with Crippen LogP contribution in [0.5, 0.6) is 0 Å². The summed E-state index contributed by atoms with van der Waals surface area (Å²) in [4.78, 5) is 2.00. The Labute approximate surface area is 114 Å². The number of nitrogen functional groups attached to an aromatic ring is 1. The summed E-state index contributed by atoms with van der Waals surface area (Å²) in [6, 6.07) is 12.3. The summed E-state index contributed by atoms with van der Waals surface area (Å²) in [5.74, 6) is -0.218. The topological polar surface area (TPSA) is 29.3 Å². The van der Waals surface area contributed by atoms with E-state index in [2.05, 4.69) is 15.9 Å². The Bertz CT molecular complexity index is 557. The van der Waals surface area contributed by atoms with E-state index in [9.17, 15) is 4.39 Å². The van der Waals surface area contributed by atoms with Gasteiger partial charge in [0.25, 0.3) is 0 Å². The van der Waals surface area contributed by atoms with Crippen LogP contribution in [0.3, 0.4) is 0 Å². The van der Waals surface area contributed by atoms with Gasteiger partial charge in [-0.05, 0) is 35.9 Å². The van der Waals surface area contributed by atoms with Crippen LogP contribution in [-0.4, -0.2) is 7.05 Å². The van der Waals surface area contributed by atoms with E-state index in [0.29, 0.717) is 12.2 Å². The monoisotopic (exact) mass is 308 g/mol. The Kier molecular flexibility index (Phi) is 3.87. The van der Waals surface area contributed by atoms with E-state index in [4.69, 9.17) is 5.73 Å². The standard InChI is InChI=1S/C14H14BrFN2/c1-18(9-10-3-2-4-12(16)7-10)14-6-5-11(15)8-13(14)17/h2-8H,9,17H2,1H3. The second-order valence-corrected chi connectivity index (χ2v) is 5.10. The molecule has 2 aromatic carbocycles. The number of hydrogen-bond donors (Lipinski definition) is 1. The zero-order valence-electron chi connectivity index (χ0n) is 10.0. The third-order valence-electron chi connectivity index (χ3n) is 2.71. The van der Waals surface area contributed by atoms with Gasteiger partial charge in [-0.1, -0.05) is 28.1 Å². The largest absolute Gasteiger partial charge is 0.397 e. The Balaban J connectivity index is 2.19. The normalized spacial score (nSPS) is 10.4. The second-order valence-electron chi connectivity index (χ2n) is 4.19. The van der Waals surface area contributed by atoms with E-state index in [1.807, 2.05) is 36.2 Å². The van der Waals surface area contributed by atoms with Gasteiger partial charge >= 0.3 is 0 Å². The summed E-state index contributed by atoms with van der Waals surface area (Å²) in [7, 11) is 1.94. The predicted molar refractivity (Wildman–Crippen MR) is 77.1 cm³/mol. The third-order valence-corrected chi connectivity index (χ3v) is 3.20. The summed E-state index contributed by atoms with van der Waals surface area (Å²) >= 11 is 3.37. The number of rotatable bonds is 3. The minimum atomic E-state index is -0.218. The number of anilines is 2. The Morgan fingerprint density at radius 2 is 2.00 bits per heavy atom. The lowest BCUT2D eigenvalue weighted by Crippen LogP contribution is -2.17. The second kappa shape index (κ2) is 5.40. The molecule has 0 saturated carbocycles. The van der Waals surface area contributed by atoms with E-state index < -0.39 is 0 Å². The molecule has 0 aliphatic carbocycles. The molecule has 2 nitrogen and oxygen atoms in total. The zero-order valence-corrected chi connectivity index (χ0v) is 11.6. The maximum Gasteiger partial charge on any atom is 0.123 e. The van der Waals surface area contributed by atoms with Gasteiger partial charge in [-0.3, -0.25) is 0 Å². The van der Waals surface area contributed by atoms with Crippen LogP contribution in [0.4, 0.5) is 15.8 Å². The number of nitrogens with two attached hydrogens (primary N) is 1. The number of hydrogen-bond acceptors (Lipinski definition) is 2. The average molecular weight is 309 g/mol. The molecule has 2 aromatic rings. The maximum absolute atomic E-state index is 13.1. The predicted octanol–water partition coefficient (Wildman–Crippen LogP) is 3.81. The van der Waals surface area contributed by atoms with Gasteiger partial charge in [-0.2, -0.15) is 0 Å². The smallest absolute Gasteiger partial charge is 0.123 e. The molecule has 0 aliphatic rings. The molecule has 2 N–H and O–H groups in total. The third kappa shape index (κ3) is 3.01. The lowest BCUT2D eigenvalue weighted by Gasteiger charge is -2.21. The number of benzene rings is 2. The van der Waals surface area contributed by atoms with Crippen molar-refractivity contribution in [2.24, 2.45) is 0 Å². The van der Waals surface area contributed by atoms with Crippen LogP contribution in [0.1, 0.15) is 5.56 Å². The molecule has 0 atom stereocenters. The molecule has 18 heavy (non-hydrogen) atoms. The average Bonchev–Trinajstić information content (AvgIpc) is 2.28. The summed E-state index contributed by atoms with van der Waals surface area (Å²) in [6.45, 7) is 0.615. The van der Waals surface area contributed by atoms with Crippen molar-refractivity contribution in [3.05, 3.63) is 58.3 Å². The Morgan fingerprint density at radius 3 is 2.67 bits per heavy atom. The van der Waals surface area contributed by atoms with Crippen molar-refractivity contribution in [1.29, 1.82) is 0 Å². The molecule has 0 saturated heterocycles. The van der Waals surface area contributed by atoms with Crippen LogP contribution in [0.25, 0.3) is 0 Å². The van der Waals surface area contributed by atoms with Crippen LogP contribution in [-0.2, 0) is 6.54 Å². The van der Waals surface area contributed by atoms with Crippen molar-refractivity contribution in [3.8, 4) is 0 Å². The lowest BCUT2D eigenvalue weighted by molar-refractivity contribution is 0.625. The van der Waals surface area contributed by atoms with Gasteiger partial charge in [0, 0.05) is 18.1 Å². The van der Waals surface area contributed by atoms with E-state index in [1.165, 1.54) is 12.1 Å². The molecule has 0 amide bonds. The van der Waals surface area contributed by atoms with Crippen LogP contribution in [0.2, 0.25) is 0 Å². The summed E-state index contributed by atoms with van der Waals surface area (Å²) in [6.07, 6.45) is 0. The first-order valence-electron chi connectivity index (χ1n) is 5.57. The van der Waals surface area contributed by atoms with E-state index >= 15 is 0 Å². The highest BCUT2D eigenvalue weighted by Crippen LogP contribution is 2.26. The van der Waals surface area contributed by atoms with Gasteiger partial charge in [0.05, 0.1) is 11.4 Å². The van der Waals surface area contributed by atoms with Crippen molar-refractivity contribution in [1.82, 2.24) is 0 Å². The molecule has 4 heteroatoms. The lowest BCUT2D eigenvalue weighted by atomic mass is 10.2. The van der Waals surface area contributed by atoms with Crippen LogP contribution < -0.4 is 10.6 Å². The highest BCUT2D eigenvalue weighted by molar-refractivity contribution is 9.10. The molecule has 0 heterocycles. The molecule has 2 rings (SSSR count). The minimum Gasteiger partial charge on any atom is -0.397 e. The first kappa shape index (κ1) is 12.9. The molecule has 0 fully saturated rings. The highest BCUT2D eigenvalue weighted by Gasteiger charge is 2.06. The van der Waals surface area contributed by atoms with Crippen molar-refractivity contribution < 1.29 is 4.39 Å². The Hall–Kier alpha value is -1.55. The van der Waals surface area contributed by atoms with E-state index in [0.717, 1.165) is 15.7 Å². The number of nitrogens with zero attached hydrogens (tertiary/aromatic N) is 1. The molecule has 0 spiro atoms. The van der Waals surface area contributed by atoms with Crippen molar-refractivity contribution >= 4 is 27.3 Å². The SMILES string of the molecule is CN(Cc1cccc(F)c1)c1ccc(Br)cc1N. The molecule has 94 valence electrons. The molecule has 0 aliphatic heterocycles. The fraction of sp³-hybridized carbons (Fsp3) is 0.143. The first-order chi connectivity index (χ1) is 8.56. The summed E-state index contributed by atoms with van der Waals surface area (Å²) < 4.78 is 14.0. The van der Waals surface area contributed by atoms with Gasteiger partial charge in [0.2, 0.25) is 0 Å². The van der Waals surface area contributed by atoms with Gasteiger partial charge in [-0.15, -0.1) is 0 Å². The quantitative estimate of drug-likeness (QED) is 0.874. The number of halogens is 2. The van der Waals surface area contributed by atoms with Crippen LogP contribution in [0.15, 0.2) is 46.9 Å². The molecule has 0 radical (unpaired) electrons. The van der Waals surface area contributed by atoms with Crippen molar-refractivity contribution in [2.45, 2.75) is 6.54 Å². The Morgan fingerprint density at radius 1 is 1.22 bits per heavy atom. The van der Waals surface area contributed by atoms with Crippen LogP contribution in [0, 0.1) is 5.82 Å². The summed E-state index contributed by atoms with van der Waals surface area (Å²) in [5.41, 5.74) is 8.51.